The van der Waals surface area contributed by atoms with Crippen LogP contribution in [0.3, 0.4) is 0 Å². The Morgan fingerprint density at radius 2 is 1.78 bits per heavy atom. The third-order valence-corrected chi connectivity index (χ3v) is 4.73. The number of nitrogens with zero attached hydrogens (tertiary/aromatic N) is 2. The number of hydrogen-bond acceptors (Lipinski definition) is 5. The van der Waals surface area contributed by atoms with Gasteiger partial charge in [0.1, 0.15) is 18.1 Å². The number of benzene rings is 2. The van der Waals surface area contributed by atoms with Crippen LogP contribution in [0.2, 0.25) is 0 Å². The Balaban J connectivity index is 1.77. The normalized spacial score (nSPS) is 12.9. The molecule has 0 fully saturated rings. The van der Waals surface area contributed by atoms with Crippen LogP contribution in [0, 0.1) is 3.57 Å². The lowest BCUT2D eigenvalue weighted by molar-refractivity contribution is -0.0794. The first-order valence-electron chi connectivity index (χ1n) is 8.24. The van der Waals surface area contributed by atoms with Crippen molar-refractivity contribution in [3.63, 3.8) is 0 Å². The Hall–Kier alpha value is -2.55. The van der Waals surface area contributed by atoms with Gasteiger partial charge in [-0.25, -0.2) is 9.78 Å². The van der Waals surface area contributed by atoms with Gasteiger partial charge in [0, 0.05) is 16.0 Å². The summed E-state index contributed by atoms with van der Waals surface area (Å²) < 4.78 is 19.6. The number of rotatable bonds is 7. The number of carbonyl (C=O) groups is 1. The standard InChI is InChI=1S/C20H19IN2O4/c1-20(23-12-11-22-14-23,13-26-18-9-5-16(21)6-10-18)27-19(24)15-3-7-17(25-2)8-4-15/h3-12,14H,13H2,1-2H3. The molecular weight excluding hydrogens is 459 g/mol. The summed E-state index contributed by atoms with van der Waals surface area (Å²) in [4.78, 5) is 16.7. The van der Waals surface area contributed by atoms with E-state index >= 15 is 0 Å². The molecule has 1 unspecified atom stereocenters. The van der Waals surface area contributed by atoms with Gasteiger partial charge in [-0.05, 0) is 78.0 Å². The highest BCUT2D eigenvalue weighted by Crippen LogP contribution is 2.23. The van der Waals surface area contributed by atoms with Gasteiger partial charge < -0.3 is 14.2 Å². The number of aromatic nitrogens is 2. The molecule has 1 aromatic heterocycles. The van der Waals surface area contributed by atoms with E-state index in [-0.39, 0.29) is 6.61 Å². The number of methoxy groups -OCH3 is 1. The first kappa shape index (κ1) is 19.2. The van der Waals surface area contributed by atoms with Crippen LogP contribution in [0.15, 0.2) is 67.3 Å². The largest absolute Gasteiger partial charge is 0.497 e. The molecule has 0 aliphatic heterocycles. The van der Waals surface area contributed by atoms with Gasteiger partial charge in [-0.1, -0.05) is 0 Å². The summed E-state index contributed by atoms with van der Waals surface area (Å²) >= 11 is 2.23. The fraction of sp³-hybridized carbons (Fsp3) is 0.200. The summed E-state index contributed by atoms with van der Waals surface area (Å²) in [5.74, 6) is 0.910. The summed E-state index contributed by atoms with van der Waals surface area (Å²) in [5.41, 5.74) is -0.632. The van der Waals surface area contributed by atoms with E-state index in [1.165, 1.54) is 0 Å². The number of hydrogen-bond donors (Lipinski definition) is 0. The van der Waals surface area contributed by atoms with Crippen molar-refractivity contribution in [2.75, 3.05) is 13.7 Å². The van der Waals surface area contributed by atoms with Crippen LogP contribution >= 0.6 is 22.6 Å². The molecule has 7 heteroatoms. The fourth-order valence-electron chi connectivity index (χ4n) is 2.43. The molecule has 0 spiro atoms. The molecule has 27 heavy (non-hydrogen) atoms. The molecule has 3 rings (SSSR count). The van der Waals surface area contributed by atoms with Gasteiger partial charge in [0.15, 0.2) is 0 Å². The topological polar surface area (TPSA) is 62.6 Å². The predicted octanol–water partition coefficient (Wildman–Crippen LogP) is 4.11. The Labute approximate surface area is 171 Å². The average Bonchev–Trinajstić information content (AvgIpc) is 3.23. The van der Waals surface area contributed by atoms with Gasteiger partial charge in [-0.3, -0.25) is 4.57 Å². The van der Waals surface area contributed by atoms with Gasteiger partial charge in [-0.15, -0.1) is 0 Å². The van der Waals surface area contributed by atoms with Crippen molar-refractivity contribution in [1.29, 1.82) is 0 Å². The molecule has 0 bridgehead atoms. The smallest absolute Gasteiger partial charge is 0.340 e. The molecule has 0 radical (unpaired) electrons. The summed E-state index contributed by atoms with van der Waals surface area (Å²) in [6.07, 6.45) is 4.96. The first-order chi connectivity index (χ1) is 13.0. The molecule has 1 atom stereocenters. The number of ether oxygens (including phenoxy) is 3. The van der Waals surface area contributed by atoms with Gasteiger partial charge in [0.25, 0.3) is 0 Å². The second-order valence-corrected chi connectivity index (χ2v) is 7.25. The van der Waals surface area contributed by atoms with Crippen LogP contribution < -0.4 is 9.47 Å². The van der Waals surface area contributed by atoms with Crippen molar-refractivity contribution in [2.45, 2.75) is 12.6 Å². The molecule has 0 saturated carbocycles. The second kappa shape index (κ2) is 8.43. The summed E-state index contributed by atoms with van der Waals surface area (Å²) in [5, 5.41) is 0. The monoisotopic (exact) mass is 478 g/mol. The maximum atomic E-state index is 12.7. The quantitative estimate of drug-likeness (QED) is 0.378. The Morgan fingerprint density at radius 3 is 2.37 bits per heavy atom. The molecule has 6 nitrogen and oxygen atoms in total. The van der Waals surface area contributed by atoms with Crippen LogP contribution in [0.1, 0.15) is 17.3 Å². The van der Waals surface area contributed by atoms with Crippen LogP contribution in [-0.4, -0.2) is 29.2 Å². The Kier molecular flexibility index (Phi) is 6.00. The lowest BCUT2D eigenvalue weighted by Crippen LogP contribution is -2.40. The fourth-order valence-corrected chi connectivity index (χ4v) is 2.79. The molecular formula is C20H19IN2O4. The van der Waals surface area contributed by atoms with Crippen molar-refractivity contribution in [3.05, 3.63) is 76.4 Å². The Morgan fingerprint density at radius 1 is 1.11 bits per heavy atom. The first-order valence-corrected chi connectivity index (χ1v) is 9.32. The highest BCUT2D eigenvalue weighted by atomic mass is 127. The van der Waals surface area contributed by atoms with E-state index in [0.29, 0.717) is 17.1 Å². The zero-order chi connectivity index (χ0) is 19.3. The minimum absolute atomic E-state index is 0.131. The lowest BCUT2D eigenvalue weighted by atomic mass is 10.2. The second-order valence-electron chi connectivity index (χ2n) is 6.01. The third-order valence-electron chi connectivity index (χ3n) is 4.01. The van der Waals surface area contributed by atoms with Crippen LogP contribution in [0.4, 0.5) is 0 Å². The van der Waals surface area contributed by atoms with E-state index in [0.717, 1.165) is 3.57 Å². The van der Waals surface area contributed by atoms with Gasteiger partial charge in [0.2, 0.25) is 5.72 Å². The third kappa shape index (κ3) is 4.79. The van der Waals surface area contributed by atoms with Crippen molar-refractivity contribution >= 4 is 28.6 Å². The van der Waals surface area contributed by atoms with Crippen molar-refractivity contribution in [1.82, 2.24) is 9.55 Å². The van der Waals surface area contributed by atoms with E-state index in [4.69, 9.17) is 14.2 Å². The molecule has 3 aromatic rings. The number of carbonyl (C=O) groups excluding carboxylic acids is 1. The maximum Gasteiger partial charge on any atom is 0.340 e. The lowest BCUT2D eigenvalue weighted by Gasteiger charge is -2.30. The molecule has 0 aliphatic carbocycles. The van der Waals surface area contributed by atoms with Crippen molar-refractivity contribution < 1.29 is 19.0 Å². The summed E-state index contributed by atoms with van der Waals surface area (Å²) in [7, 11) is 1.57. The van der Waals surface area contributed by atoms with E-state index in [1.807, 2.05) is 24.3 Å². The number of imidazole rings is 1. The zero-order valence-electron chi connectivity index (χ0n) is 15.0. The van der Waals surface area contributed by atoms with E-state index in [1.54, 1.807) is 61.6 Å². The molecule has 1 heterocycles. The summed E-state index contributed by atoms with van der Waals surface area (Å²) in [6.45, 7) is 1.91. The molecule has 0 aliphatic rings. The Bertz CT molecular complexity index is 879. The van der Waals surface area contributed by atoms with E-state index < -0.39 is 11.7 Å². The molecule has 2 aromatic carbocycles. The summed E-state index contributed by atoms with van der Waals surface area (Å²) in [6, 6.07) is 14.4. The molecule has 0 saturated heterocycles. The van der Waals surface area contributed by atoms with Crippen LogP contribution in [-0.2, 0) is 10.5 Å². The zero-order valence-corrected chi connectivity index (χ0v) is 17.1. The van der Waals surface area contributed by atoms with Crippen LogP contribution in [0.5, 0.6) is 11.5 Å². The maximum absolute atomic E-state index is 12.7. The molecule has 0 N–H and O–H groups in total. The van der Waals surface area contributed by atoms with Crippen LogP contribution in [0.25, 0.3) is 0 Å². The van der Waals surface area contributed by atoms with E-state index in [2.05, 4.69) is 27.6 Å². The number of esters is 1. The van der Waals surface area contributed by atoms with Crippen molar-refractivity contribution in [3.8, 4) is 11.5 Å². The average molecular weight is 478 g/mol. The minimum atomic E-state index is -1.06. The minimum Gasteiger partial charge on any atom is -0.497 e. The van der Waals surface area contributed by atoms with Gasteiger partial charge in [-0.2, -0.15) is 0 Å². The molecule has 140 valence electrons. The highest BCUT2D eigenvalue weighted by Gasteiger charge is 2.32. The highest BCUT2D eigenvalue weighted by molar-refractivity contribution is 14.1. The number of halogens is 1. The van der Waals surface area contributed by atoms with E-state index in [9.17, 15) is 4.79 Å². The predicted molar refractivity (Wildman–Crippen MR) is 109 cm³/mol. The van der Waals surface area contributed by atoms with Gasteiger partial charge in [0.05, 0.1) is 19.0 Å². The SMILES string of the molecule is COc1ccc(C(=O)OC(C)(COc2ccc(I)cc2)n2ccnc2)cc1. The van der Waals surface area contributed by atoms with Gasteiger partial charge >= 0.3 is 5.97 Å². The molecule has 0 amide bonds. The van der Waals surface area contributed by atoms with Crippen molar-refractivity contribution in [2.24, 2.45) is 0 Å².